The van der Waals surface area contributed by atoms with Crippen LogP contribution >= 0.6 is 0 Å². The smallest absolute Gasteiger partial charge is 0.220 e. The summed E-state index contributed by atoms with van der Waals surface area (Å²) in [5.41, 5.74) is 1.84. The van der Waals surface area contributed by atoms with Crippen molar-refractivity contribution in [1.82, 2.24) is 10.2 Å². The van der Waals surface area contributed by atoms with Gasteiger partial charge in [0, 0.05) is 44.1 Å². The third kappa shape index (κ3) is 5.66. The average Bonchev–Trinajstić information content (AvgIpc) is 3.15. The molecule has 0 radical (unpaired) electrons. The topological polar surface area (TPSA) is 49.4 Å². The molecule has 0 aromatic heterocycles. The van der Waals surface area contributed by atoms with Crippen LogP contribution in [0, 0.1) is 12.8 Å². The molecule has 4 heteroatoms. The van der Waals surface area contributed by atoms with Gasteiger partial charge in [-0.2, -0.15) is 0 Å². The maximum absolute atomic E-state index is 12.2. The second-order valence-electron chi connectivity index (χ2n) is 8.08. The highest BCUT2D eigenvalue weighted by Gasteiger charge is 2.24. The van der Waals surface area contributed by atoms with E-state index in [1.54, 1.807) is 0 Å². The molecule has 0 bridgehead atoms. The van der Waals surface area contributed by atoms with Crippen molar-refractivity contribution in [1.29, 1.82) is 0 Å². The van der Waals surface area contributed by atoms with Crippen LogP contribution in [0.5, 0.6) is 0 Å². The van der Waals surface area contributed by atoms with Gasteiger partial charge in [-0.25, -0.2) is 0 Å². The molecule has 1 aromatic rings. The van der Waals surface area contributed by atoms with E-state index in [1.165, 1.54) is 32.2 Å². The number of hydrogen-bond donors (Lipinski definition) is 1. The Labute approximate surface area is 157 Å². The summed E-state index contributed by atoms with van der Waals surface area (Å²) < 4.78 is 0. The summed E-state index contributed by atoms with van der Waals surface area (Å²) in [6, 6.07) is 7.83. The van der Waals surface area contributed by atoms with E-state index < -0.39 is 0 Å². The van der Waals surface area contributed by atoms with Crippen molar-refractivity contribution < 1.29 is 9.59 Å². The van der Waals surface area contributed by atoms with Gasteiger partial charge in [0.1, 0.15) is 0 Å². The Kier molecular flexibility index (Phi) is 6.84. The Bertz CT molecular complexity index is 597. The van der Waals surface area contributed by atoms with Crippen LogP contribution in [0.25, 0.3) is 0 Å². The molecule has 4 nitrogen and oxygen atoms in total. The van der Waals surface area contributed by atoms with Crippen LogP contribution in [0.4, 0.5) is 0 Å². The van der Waals surface area contributed by atoms with Gasteiger partial charge in [0.05, 0.1) is 0 Å². The van der Waals surface area contributed by atoms with E-state index in [1.807, 2.05) is 31.2 Å². The van der Waals surface area contributed by atoms with Crippen LogP contribution in [-0.4, -0.2) is 42.3 Å². The Balaban J connectivity index is 1.33. The van der Waals surface area contributed by atoms with Crippen molar-refractivity contribution in [3.63, 3.8) is 0 Å². The molecule has 0 spiro atoms. The lowest BCUT2D eigenvalue weighted by Gasteiger charge is -2.33. The minimum atomic E-state index is 0.0136. The highest BCUT2D eigenvalue weighted by molar-refractivity contribution is 5.97. The van der Waals surface area contributed by atoms with Crippen LogP contribution < -0.4 is 5.32 Å². The number of hydrogen-bond acceptors (Lipinski definition) is 3. The summed E-state index contributed by atoms with van der Waals surface area (Å²) in [7, 11) is 0. The number of nitrogens with one attached hydrogen (secondary N) is 1. The Morgan fingerprint density at radius 3 is 2.31 bits per heavy atom. The number of carbonyl (C=O) groups is 2. The SMILES string of the molecule is Cc1ccc(C(=O)CCC(=O)NC2CCN(CC3CCCC3)CC2)cc1. The zero-order valence-electron chi connectivity index (χ0n) is 16.0. The number of nitrogens with zero attached hydrogens (tertiary/aromatic N) is 1. The molecule has 1 heterocycles. The minimum absolute atomic E-state index is 0.0136. The summed E-state index contributed by atoms with van der Waals surface area (Å²) in [5.74, 6) is 0.958. The first-order valence-electron chi connectivity index (χ1n) is 10.2. The molecule has 0 unspecified atom stereocenters. The first-order chi connectivity index (χ1) is 12.6. The fourth-order valence-corrected chi connectivity index (χ4v) is 4.23. The third-order valence-corrected chi connectivity index (χ3v) is 5.90. The molecule has 2 fully saturated rings. The summed E-state index contributed by atoms with van der Waals surface area (Å²) in [5, 5.41) is 3.13. The van der Waals surface area contributed by atoms with Gasteiger partial charge >= 0.3 is 0 Å². The number of Topliss-reactive ketones (excluding diaryl/α,β-unsaturated/α-hetero) is 1. The number of carbonyl (C=O) groups excluding carboxylic acids is 2. The number of aryl methyl sites for hydroxylation is 1. The molecule has 1 aromatic carbocycles. The van der Waals surface area contributed by atoms with Crippen molar-refractivity contribution in [3.8, 4) is 0 Å². The van der Waals surface area contributed by atoms with Gasteiger partial charge in [0.15, 0.2) is 5.78 Å². The summed E-state index contributed by atoms with van der Waals surface area (Å²) in [6.45, 7) is 5.42. The predicted molar refractivity (Wildman–Crippen MR) is 104 cm³/mol. The van der Waals surface area contributed by atoms with Crippen molar-refractivity contribution in [2.24, 2.45) is 5.92 Å². The van der Waals surface area contributed by atoms with Crippen molar-refractivity contribution >= 4 is 11.7 Å². The molecule has 1 aliphatic carbocycles. The van der Waals surface area contributed by atoms with Gasteiger partial charge in [-0.05, 0) is 38.5 Å². The number of rotatable bonds is 7. The Morgan fingerprint density at radius 2 is 1.65 bits per heavy atom. The zero-order valence-corrected chi connectivity index (χ0v) is 16.0. The number of likely N-dealkylation sites (tertiary alicyclic amines) is 1. The fraction of sp³-hybridized carbons (Fsp3) is 0.636. The Hall–Kier alpha value is -1.68. The van der Waals surface area contributed by atoms with Gasteiger partial charge in [0.25, 0.3) is 0 Å². The maximum Gasteiger partial charge on any atom is 0.220 e. The lowest BCUT2D eigenvalue weighted by Crippen LogP contribution is -2.45. The third-order valence-electron chi connectivity index (χ3n) is 5.90. The number of amides is 1. The number of piperidine rings is 1. The zero-order chi connectivity index (χ0) is 18.4. The van der Waals surface area contributed by atoms with Gasteiger partial charge in [0.2, 0.25) is 5.91 Å². The molecule has 1 N–H and O–H groups in total. The minimum Gasteiger partial charge on any atom is -0.353 e. The normalized spacial score (nSPS) is 19.6. The lowest BCUT2D eigenvalue weighted by molar-refractivity contribution is -0.122. The summed E-state index contributed by atoms with van der Waals surface area (Å²) >= 11 is 0. The average molecular weight is 357 g/mol. The molecular formula is C22H32N2O2. The van der Waals surface area contributed by atoms with Crippen LogP contribution in [0.3, 0.4) is 0 Å². The molecule has 1 saturated carbocycles. The molecule has 0 atom stereocenters. The van der Waals surface area contributed by atoms with Gasteiger partial charge < -0.3 is 10.2 Å². The molecule has 1 aliphatic heterocycles. The van der Waals surface area contributed by atoms with Crippen LogP contribution in [0.2, 0.25) is 0 Å². The van der Waals surface area contributed by atoms with E-state index in [9.17, 15) is 9.59 Å². The van der Waals surface area contributed by atoms with E-state index in [0.29, 0.717) is 5.56 Å². The van der Waals surface area contributed by atoms with E-state index >= 15 is 0 Å². The van der Waals surface area contributed by atoms with Crippen LogP contribution in [-0.2, 0) is 4.79 Å². The van der Waals surface area contributed by atoms with Gasteiger partial charge in [-0.1, -0.05) is 42.7 Å². The maximum atomic E-state index is 12.2. The first kappa shape index (κ1) is 19.1. The standard InChI is InChI=1S/C22H32N2O2/c1-17-6-8-19(9-7-17)21(25)10-11-22(26)23-20-12-14-24(15-13-20)16-18-4-2-3-5-18/h6-9,18,20H,2-5,10-16H2,1H3,(H,23,26). The summed E-state index contributed by atoms with van der Waals surface area (Å²) in [6.07, 6.45) is 8.23. The van der Waals surface area contributed by atoms with E-state index in [-0.39, 0.29) is 30.6 Å². The van der Waals surface area contributed by atoms with Crippen LogP contribution in [0.1, 0.15) is 67.3 Å². The van der Waals surface area contributed by atoms with Crippen molar-refractivity contribution in [3.05, 3.63) is 35.4 Å². The molecule has 1 saturated heterocycles. The number of ketones is 1. The summed E-state index contributed by atoms with van der Waals surface area (Å²) in [4.78, 5) is 26.9. The molecule has 2 aliphatic rings. The molecular weight excluding hydrogens is 324 g/mol. The quantitative estimate of drug-likeness (QED) is 0.758. The Morgan fingerprint density at radius 1 is 1.00 bits per heavy atom. The lowest BCUT2D eigenvalue weighted by atomic mass is 10.0. The molecule has 3 rings (SSSR count). The molecule has 142 valence electrons. The second kappa shape index (κ2) is 9.31. The van der Waals surface area contributed by atoms with E-state index in [2.05, 4.69) is 10.2 Å². The monoisotopic (exact) mass is 356 g/mol. The van der Waals surface area contributed by atoms with Crippen molar-refractivity contribution in [2.75, 3.05) is 19.6 Å². The van der Waals surface area contributed by atoms with E-state index in [0.717, 1.165) is 37.4 Å². The van der Waals surface area contributed by atoms with Crippen molar-refractivity contribution in [2.45, 2.75) is 64.3 Å². The van der Waals surface area contributed by atoms with Gasteiger partial charge in [-0.3, -0.25) is 9.59 Å². The second-order valence-corrected chi connectivity index (χ2v) is 8.08. The fourth-order valence-electron chi connectivity index (χ4n) is 4.23. The van der Waals surface area contributed by atoms with E-state index in [4.69, 9.17) is 0 Å². The predicted octanol–water partition coefficient (Wildman–Crippen LogP) is 3.73. The van der Waals surface area contributed by atoms with Crippen LogP contribution in [0.15, 0.2) is 24.3 Å². The molecule has 26 heavy (non-hydrogen) atoms. The molecule has 1 amide bonds. The number of benzene rings is 1. The van der Waals surface area contributed by atoms with Gasteiger partial charge in [-0.15, -0.1) is 0 Å². The highest BCUT2D eigenvalue weighted by atomic mass is 16.2. The largest absolute Gasteiger partial charge is 0.353 e. The highest BCUT2D eigenvalue weighted by Crippen LogP contribution is 2.26. The first-order valence-corrected chi connectivity index (χ1v) is 10.2.